The molecule has 0 saturated carbocycles. The number of nitrogens with zero attached hydrogens (tertiary/aromatic N) is 1. The monoisotopic (exact) mass is 492 g/mol. The summed E-state index contributed by atoms with van der Waals surface area (Å²) in [4.78, 5) is 27.1. The Morgan fingerprint density at radius 3 is 1.51 bits per heavy atom. The van der Waals surface area contributed by atoms with Gasteiger partial charge in [0.1, 0.15) is 6.04 Å². The number of hydrazine groups is 1. The summed E-state index contributed by atoms with van der Waals surface area (Å²) in [6, 6.07) is 31.1. The number of aryl methyl sites for hydroxylation is 3. The first-order valence-corrected chi connectivity index (χ1v) is 12.3. The summed E-state index contributed by atoms with van der Waals surface area (Å²) in [5.41, 5.74) is 6.35. The average Bonchev–Trinajstić information content (AvgIpc) is 2.90. The minimum Gasteiger partial charge on any atom is -0.372 e. The Hall–Kier alpha value is -4.22. The second-order valence-electron chi connectivity index (χ2n) is 9.50. The number of carbonyl (C=O) groups is 2. The number of carbonyl (C=O) groups excluding carboxylic acids is 2. The van der Waals surface area contributed by atoms with E-state index in [9.17, 15) is 14.7 Å². The largest absolute Gasteiger partial charge is 0.372 e. The number of hydrogen-bond acceptors (Lipinski definition) is 3. The van der Waals surface area contributed by atoms with E-state index in [0.717, 1.165) is 27.8 Å². The molecule has 0 unspecified atom stereocenters. The lowest BCUT2D eigenvalue weighted by Gasteiger charge is -2.36. The molecule has 4 rings (SSSR count). The van der Waals surface area contributed by atoms with Crippen LogP contribution in [0.2, 0.25) is 0 Å². The van der Waals surface area contributed by atoms with Crippen LogP contribution in [0.25, 0.3) is 0 Å². The van der Waals surface area contributed by atoms with Gasteiger partial charge in [0.05, 0.1) is 0 Å². The van der Waals surface area contributed by atoms with Gasteiger partial charge in [-0.15, -0.1) is 0 Å². The minimum absolute atomic E-state index is 0.363. The summed E-state index contributed by atoms with van der Waals surface area (Å²) < 4.78 is 0. The Morgan fingerprint density at radius 1 is 0.676 bits per heavy atom. The summed E-state index contributed by atoms with van der Waals surface area (Å²) in [6.45, 7) is 7.28. The smallest absolute Gasteiger partial charge is 0.279 e. The highest BCUT2D eigenvalue weighted by molar-refractivity contribution is 5.91. The van der Waals surface area contributed by atoms with Crippen LogP contribution >= 0.6 is 0 Å². The van der Waals surface area contributed by atoms with Crippen molar-refractivity contribution in [1.29, 1.82) is 0 Å². The van der Waals surface area contributed by atoms with Crippen molar-refractivity contribution in [3.63, 3.8) is 0 Å². The van der Waals surface area contributed by atoms with Gasteiger partial charge in [0.15, 0.2) is 5.60 Å². The van der Waals surface area contributed by atoms with E-state index in [2.05, 4.69) is 5.43 Å². The molecule has 0 bridgehead atoms. The number of nitrogens with one attached hydrogen (secondary N) is 1. The van der Waals surface area contributed by atoms with Gasteiger partial charge in [-0.3, -0.25) is 15.0 Å². The van der Waals surface area contributed by atoms with Crippen molar-refractivity contribution < 1.29 is 14.7 Å². The van der Waals surface area contributed by atoms with Crippen LogP contribution < -0.4 is 5.43 Å². The van der Waals surface area contributed by atoms with Gasteiger partial charge in [-0.2, -0.15) is 0 Å². The van der Waals surface area contributed by atoms with E-state index >= 15 is 0 Å². The molecule has 0 fully saturated rings. The SMILES string of the molecule is CC(=O)N(NC(=O)C(O)(c1ccc(C)cc1)c1ccc(C)cc1)[C@@H](c1ccccc1)c1ccc(C)cc1. The Labute approximate surface area is 218 Å². The van der Waals surface area contributed by atoms with E-state index < -0.39 is 17.6 Å². The molecule has 0 aliphatic heterocycles. The molecule has 4 aromatic carbocycles. The number of benzene rings is 4. The van der Waals surface area contributed by atoms with Crippen LogP contribution in [0.5, 0.6) is 0 Å². The fourth-order valence-electron chi connectivity index (χ4n) is 4.41. The van der Waals surface area contributed by atoms with Crippen molar-refractivity contribution in [2.75, 3.05) is 0 Å². The standard InChI is InChI=1S/C32H32N2O3/c1-22-10-16-27(17-11-22)30(26-8-6-5-7-9-26)34(25(4)35)33-31(36)32(37,28-18-12-23(2)13-19-28)29-20-14-24(3)15-21-29/h5-21,30,37H,1-4H3,(H,33,36)/t30-/m0/s1. The fraction of sp³-hybridized carbons (Fsp3) is 0.188. The van der Waals surface area contributed by atoms with Crippen molar-refractivity contribution >= 4 is 11.8 Å². The van der Waals surface area contributed by atoms with Crippen LogP contribution in [0.1, 0.15) is 51.9 Å². The van der Waals surface area contributed by atoms with E-state index in [4.69, 9.17) is 0 Å². The molecule has 5 nitrogen and oxygen atoms in total. The minimum atomic E-state index is -2.02. The highest BCUT2D eigenvalue weighted by Crippen LogP contribution is 2.33. The molecule has 188 valence electrons. The van der Waals surface area contributed by atoms with Gasteiger partial charge in [-0.05, 0) is 43.0 Å². The lowest BCUT2D eigenvalue weighted by Crippen LogP contribution is -2.55. The first-order chi connectivity index (χ1) is 17.7. The fourth-order valence-corrected chi connectivity index (χ4v) is 4.41. The number of amides is 2. The molecular weight excluding hydrogens is 460 g/mol. The first kappa shape index (κ1) is 25.9. The van der Waals surface area contributed by atoms with Crippen LogP contribution in [-0.4, -0.2) is 21.9 Å². The van der Waals surface area contributed by atoms with Crippen molar-refractivity contribution in [3.05, 3.63) is 142 Å². The predicted molar refractivity (Wildman–Crippen MR) is 145 cm³/mol. The van der Waals surface area contributed by atoms with Crippen molar-refractivity contribution in [2.45, 2.75) is 39.3 Å². The van der Waals surface area contributed by atoms with Gasteiger partial charge in [0.25, 0.3) is 5.91 Å². The van der Waals surface area contributed by atoms with E-state index in [1.165, 1.54) is 11.9 Å². The van der Waals surface area contributed by atoms with Crippen molar-refractivity contribution in [1.82, 2.24) is 10.4 Å². The average molecular weight is 493 g/mol. The van der Waals surface area contributed by atoms with E-state index in [1.54, 1.807) is 24.3 Å². The van der Waals surface area contributed by atoms with E-state index in [1.807, 2.05) is 99.6 Å². The molecule has 0 aliphatic carbocycles. The molecule has 1 atom stereocenters. The van der Waals surface area contributed by atoms with Crippen LogP contribution in [0, 0.1) is 20.8 Å². The zero-order chi connectivity index (χ0) is 26.6. The van der Waals surface area contributed by atoms with Crippen molar-refractivity contribution in [2.24, 2.45) is 0 Å². The lowest BCUT2D eigenvalue weighted by molar-refractivity contribution is -0.150. The zero-order valence-corrected chi connectivity index (χ0v) is 21.6. The molecule has 0 aliphatic rings. The van der Waals surface area contributed by atoms with Gasteiger partial charge < -0.3 is 5.11 Å². The molecule has 4 aromatic rings. The quantitative estimate of drug-likeness (QED) is 0.349. The highest BCUT2D eigenvalue weighted by atomic mass is 16.3. The van der Waals surface area contributed by atoms with Crippen LogP contribution in [-0.2, 0) is 15.2 Å². The van der Waals surface area contributed by atoms with E-state index in [0.29, 0.717) is 11.1 Å². The molecule has 5 heteroatoms. The third kappa shape index (κ3) is 5.47. The molecule has 0 radical (unpaired) electrons. The van der Waals surface area contributed by atoms with Gasteiger partial charge in [0.2, 0.25) is 5.91 Å². The molecule has 2 amide bonds. The maximum Gasteiger partial charge on any atom is 0.279 e. The molecular formula is C32H32N2O3. The van der Waals surface area contributed by atoms with Gasteiger partial charge in [-0.1, -0.05) is 120 Å². The summed E-state index contributed by atoms with van der Waals surface area (Å²) in [5, 5.41) is 13.3. The number of rotatable bonds is 6. The summed E-state index contributed by atoms with van der Waals surface area (Å²) >= 11 is 0. The van der Waals surface area contributed by atoms with Crippen LogP contribution in [0.4, 0.5) is 0 Å². The second kappa shape index (κ2) is 10.8. The highest BCUT2D eigenvalue weighted by Gasteiger charge is 2.42. The number of aliphatic hydroxyl groups is 1. The van der Waals surface area contributed by atoms with Crippen LogP contribution in [0.3, 0.4) is 0 Å². The Balaban J connectivity index is 1.81. The van der Waals surface area contributed by atoms with Gasteiger partial charge >= 0.3 is 0 Å². The van der Waals surface area contributed by atoms with Crippen molar-refractivity contribution in [3.8, 4) is 0 Å². The van der Waals surface area contributed by atoms with Gasteiger partial charge in [0, 0.05) is 6.92 Å². The maximum absolute atomic E-state index is 14.0. The molecule has 0 saturated heterocycles. The summed E-state index contributed by atoms with van der Waals surface area (Å²) in [7, 11) is 0. The molecule has 2 N–H and O–H groups in total. The lowest BCUT2D eigenvalue weighted by atomic mass is 9.85. The summed E-state index contributed by atoms with van der Waals surface area (Å²) in [6.07, 6.45) is 0. The van der Waals surface area contributed by atoms with E-state index in [-0.39, 0.29) is 5.91 Å². The topological polar surface area (TPSA) is 69.6 Å². The summed E-state index contributed by atoms with van der Waals surface area (Å²) in [5.74, 6) is -1.08. The second-order valence-corrected chi connectivity index (χ2v) is 9.50. The predicted octanol–water partition coefficient (Wildman–Crippen LogP) is 5.52. The molecule has 0 aromatic heterocycles. The third-order valence-electron chi connectivity index (χ3n) is 6.60. The van der Waals surface area contributed by atoms with Crippen LogP contribution in [0.15, 0.2) is 103 Å². The Morgan fingerprint density at radius 2 is 1.08 bits per heavy atom. The normalized spacial score (nSPS) is 12.0. The number of hydrogen-bond donors (Lipinski definition) is 2. The first-order valence-electron chi connectivity index (χ1n) is 12.3. The molecule has 0 heterocycles. The Bertz CT molecular complexity index is 1320. The molecule has 37 heavy (non-hydrogen) atoms. The Kier molecular flexibility index (Phi) is 7.55. The maximum atomic E-state index is 14.0. The van der Waals surface area contributed by atoms with Gasteiger partial charge in [-0.25, -0.2) is 5.01 Å². The zero-order valence-electron chi connectivity index (χ0n) is 21.6. The molecule has 0 spiro atoms. The third-order valence-corrected chi connectivity index (χ3v) is 6.60.